The third-order valence-corrected chi connectivity index (χ3v) is 6.39. The number of fused-ring (bicyclic) bond motifs is 1. The van der Waals surface area contributed by atoms with Gasteiger partial charge in [-0.05, 0) is 55.0 Å². The molecule has 0 saturated carbocycles. The van der Waals surface area contributed by atoms with Crippen LogP contribution in [0, 0.1) is 0 Å². The number of anilines is 1. The molecule has 0 atom stereocenters. The van der Waals surface area contributed by atoms with E-state index in [9.17, 15) is 9.90 Å². The van der Waals surface area contributed by atoms with Gasteiger partial charge in [-0.3, -0.25) is 5.43 Å². The molecule has 5 N–H and O–H groups in total. The van der Waals surface area contributed by atoms with E-state index in [1.165, 1.54) is 11.3 Å². The normalized spacial score (nSPS) is 11.6. The molecule has 11 heteroatoms. The molecular weight excluding hydrogens is 477 g/mol. The van der Waals surface area contributed by atoms with Crippen LogP contribution < -0.4 is 16.4 Å². The fourth-order valence-corrected chi connectivity index (χ4v) is 4.38. The minimum absolute atomic E-state index is 0.104. The molecule has 0 saturated heterocycles. The van der Waals surface area contributed by atoms with Gasteiger partial charge < -0.3 is 20.4 Å². The highest BCUT2D eigenvalue weighted by atomic mass is 35.5. The molecule has 0 aliphatic rings. The number of hydrazone groups is 1. The Hall–Kier alpha value is -2.85. The second kappa shape index (κ2) is 8.72. The number of rotatable bonds is 4. The topological polar surface area (TPSA) is 105 Å². The number of nitrogens with zero attached hydrogens (tertiary/aromatic N) is 1. The number of aromatic nitrogens is 2. The molecule has 158 valence electrons. The van der Waals surface area contributed by atoms with Gasteiger partial charge in [0.1, 0.15) is 5.75 Å². The highest BCUT2D eigenvalue weighted by Gasteiger charge is 2.15. The van der Waals surface area contributed by atoms with Crippen LogP contribution in [-0.2, 0) is 0 Å². The van der Waals surface area contributed by atoms with Crippen molar-refractivity contribution in [2.75, 3.05) is 5.32 Å². The quantitative estimate of drug-likeness (QED) is 0.151. The lowest BCUT2D eigenvalue weighted by atomic mass is 10.1. The van der Waals surface area contributed by atoms with Crippen molar-refractivity contribution < 1.29 is 5.11 Å². The summed E-state index contributed by atoms with van der Waals surface area (Å²) in [7, 11) is 0. The molecule has 2 aromatic heterocycles. The van der Waals surface area contributed by atoms with Gasteiger partial charge in [-0.15, -0.1) is 11.3 Å². The second-order valence-corrected chi connectivity index (χ2v) is 8.66. The molecule has 31 heavy (non-hydrogen) atoms. The fourth-order valence-electron chi connectivity index (χ4n) is 2.91. The maximum Gasteiger partial charge on any atom is 0.323 e. The van der Waals surface area contributed by atoms with Gasteiger partial charge in [-0.2, -0.15) is 5.10 Å². The Balaban J connectivity index is 1.47. The Morgan fingerprint density at radius 2 is 1.90 bits per heavy atom. The third-order valence-electron chi connectivity index (χ3n) is 4.44. The summed E-state index contributed by atoms with van der Waals surface area (Å²) in [5, 5.41) is 20.8. The maximum absolute atomic E-state index is 11.4. The molecule has 0 fully saturated rings. The number of hydrogen-bond acceptors (Lipinski definition) is 5. The van der Waals surface area contributed by atoms with Crippen LogP contribution in [0.4, 0.5) is 5.69 Å². The number of H-pyrrole nitrogens is 2. The molecule has 0 unspecified atom stereocenters. The number of benzene rings is 2. The number of thiophene rings is 1. The molecular formula is C20H15Cl2N5O2S2. The summed E-state index contributed by atoms with van der Waals surface area (Å²) >= 11 is 18.7. The summed E-state index contributed by atoms with van der Waals surface area (Å²) in [6, 6.07) is 10.5. The average molecular weight is 492 g/mol. The zero-order valence-corrected chi connectivity index (χ0v) is 19.1. The predicted molar refractivity (Wildman–Crippen MR) is 132 cm³/mol. The second-order valence-electron chi connectivity index (χ2n) is 6.56. The van der Waals surface area contributed by atoms with Gasteiger partial charge in [0.15, 0.2) is 5.11 Å². The summed E-state index contributed by atoms with van der Waals surface area (Å²) in [5.41, 5.74) is 6.43. The van der Waals surface area contributed by atoms with Gasteiger partial charge in [0, 0.05) is 11.1 Å². The summed E-state index contributed by atoms with van der Waals surface area (Å²) < 4.78 is 0. The highest BCUT2D eigenvalue weighted by Crippen LogP contribution is 2.40. The highest BCUT2D eigenvalue weighted by molar-refractivity contribution is 7.80. The number of hydrogen-bond donors (Lipinski definition) is 5. The molecule has 0 amide bonds. The van der Waals surface area contributed by atoms with Gasteiger partial charge in [0.2, 0.25) is 0 Å². The lowest BCUT2D eigenvalue weighted by Gasteiger charge is -2.08. The fraction of sp³-hybridized carbons (Fsp3) is 0.0500. The van der Waals surface area contributed by atoms with Crippen molar-refractivity contribution in [3.05, 3.63) is 67.9 Å². The zero-order chi connectivity index (χ0) is 22.1. The van der Waals surface area contributed by atoms with Gasteiger partial charge in [0.25, 0.3) is 0 Å². The van der Waals surface area contributed by atoms with Crippen molar-refractivity contribution >= 4 is 74.3 Å². The van der Waals surface area contributed by atoms with Crippen LogP contribution in [-0.4, -0.2) is 25.9 Å². The molecule has 0 spiro atoms. The summed E-state index contributed by atoms with van der Waals surface area (Å²) in [6.45, 7) is 1.76. The number of imidazole rings is 1. The van der Waals surface area contributed by atoms with Crippen molar-refractivity contribution in [2.24, 2.45) is 5.10 Å². The Morgan fingerprint density at radius 1 is 1.13 bits per heavy atom. The van der Waals surface area contributed by atoms with E-state index < -0.39 is 0 Å². The number of nitrogens with one attached hydrogen (secondary N) is 4. The Bertz CT molecular complexity index is 1390. The SMILES string of the molecule is CC(=NNC(=S)Nc1ccc2[nH]c(=O)[nH]c2c1)c1csc(-c2ccc(Cl)c(Cl)c2)c1O. The van der Waals surface area contributed by atoms with E-state index in [0.717, 1.165) is 5.56 Å². The maximum atomic E-state index is 11.4. The number of aromatic hydroxyl groups is 1. The van der Waals surface area contributed by atoms with Crippen molar-refractivity contribution in [3.8, 4) is 16.2 Å². The standard InChI is InChI=1S/C20H15Cl2N5O2S2/c1-9(12-8-31-18(17(12)28)10-2-4-13(21)14(22)6-10)26-27-20(30)23-11-3-5-15-16(7-11)25-19(29)24-15/h2-8,28H,1H3,(H2,23,27,30)(H2,24,25,29). The van der Waals surface area contributed by atoms with Crippen molar-refractivity contribution in [1.82, 2.24) is 15.4 Å². The molecule has 2 heterocycles. The van der Waals surface area contributed by atoms with Crippen LogP contribution in [0.25, 0.3) is 21.5 Å². The molecule has 2 aromatic carbocycles. The van der Waals surface area contributed by atoms with Crippen LogP contribution >= 0.6 is 46.8 Å². The Labute approximate surface area is 195 Å². The molecule has 0 bridgehead atoms. The van der Waals surface area contributed by atoms with Crippen LogP contribution in [0.1, 0.15) is 12.5 Å². The van der Waals surface area contributed by atoms with E-state index in [1.54, 1.807) is 48.7 Å². The van der Waals surface area contributed by atoms with Gasteiger partial charge in [-0.25, -0.2) is 4.79 Å². The predicted octanol–water partition coefficient (Wildman–Crippen LogP) is 5.31. The first-order valence-electron chi connectivity index (χ1n) is 8.91. The van der Waals surface area contributed by atoms with Crippen LogP contribution in [0.15, 0.2) is 51.7 Å². The monoisotopic (exact) mass is 491 g/mol. The van der Waals surface area contributed by atoms with E-state index >= 15 is 0 Å². The van der Waals surface area contributed by atoms with Crippen LogP contribution in [0.5, 0.6) is 5.75 Å². The summed E-state index contributed by atoms with van der Waals surface area (Å²) in [6.07, 6.45) is 0. The first-order valence-corrected chi connectivity index (χ1v) is 11.0. The molecule has 7 nitrogen and oxygen atoms in total. The van der Waals surface area contributed by atoms with E-state index in [2.05, 4.69) is 25.8 Å². The average Bonchev–Trinajstić information content (AvgIpc) is 3.29. The Morgan fingerprint density at radius 3 is 2.68 bits per heavy atom. The number of halogens is 2. The minimum Gasteiger partial charge on any atom is -0.506 e. The van der Waals surface area contributed by atoms with E-state index in [0.29, 0.717) is 42.9 Å². The first kappa shape index (κ1) is 21.4. The van der Waals surface area contributed by atoms with Crippen molar-refractivity contribution in [1.29, 1.82) is 0 Å². The molecule has 0 aliphatic heterocycles. The lowest BCUT2D eigenvalue weighted by molar-refractivity contribution is 0.478. The number of aromatic amines is 2. The van der Waals surface area contributed by atoms with Crippen molar-refractivity contribution in [3.63, 3.8) is 0 Å². The van der Waals surface area contributed by atoms with Crippen LogP contribution in [0.2, 0.25) is 10.0 Å². The molecule has 0 radical (unpaired) electrons. The van der Waals surface area contributed by atoms with E-state index in [4.69, 9.17) is 35.4 Å². The Kier molecular flexibility index (Phi) is 6.01. The van der Waals surface area contributed by atoms with Gasteiger partial charge >= 0.3 is 5.69 Å². The van der Waals surface area contributed by atoms with E-state index in [-0.39, 0.29) is 16.6 Å². The lowest BCUT2D eigenvalue weighted by Crippen LogP contribution is -2.24. The third kappa shape index (κ3) is 4.59. The molecule has 0 aliphatic carbocycles. The minimum atomic E-state index is -0.274. The van der Waals surface area contributed by atoms with E-state index in [1.807, 2.05) is 0 Å². The smallest absolute Gasteiger partial charge is 0.323 e. The van der Waals surface area contributed by atoms with Crippen molar-refractivity contribution in [2.45, 2.75) is 6.92 Å². The molecule has 4 rings (SSSR count). The number of thiocarbonyl (C=S) groups is 1. The van der Waals surface area contributed by atoms with Gasteiger partial charge in [-0.1, -0.05) is 29.3 Å². The zero-order valence-electron chi connectivity index (χ0n) is 15.9. The van der Waals surface area contributed by atoms with Crippen LogP contribution in [0.3, 0.4) is 0 Å². The molecule has 4 aromatic rings. The first-order chi connectivity index (χ1) is 14.8. The van der Waals surface area contributed by atoms with Gasteiger partial charge in [0.05, 0.1) is 37.2 Å². The summed E-state index contributed by atoms with van der Waals surface area (Å²) in [4.78, 5) is 17.4. The largest absolute Gasteiger partial charge is 0.506 e. The summed E-state index contributed by atoms with van der Waals surface area (Å²) in [5.74, 6) is 0.104.